The lowest BCUT2D eigenvalue weighted by molar-refractivity contribution is -0.122. The van der Waals surface area contributed by atoms with E-state index in [4.69, 9.17) is 0 Å². The second kappa shape index (κ2) is 8.08. The first-order valence-corrected chi connectivity index (χ1v) is 9.54. The SMILES string of the molecule is CC(NC(=O)CN(Cc1ccccc1)S(C)(=O)=O)c1ccccc1. The zero-order valence-corrected chi connectivity index (χ0v) is 14.7. The van der Waals surface area contributed by atoms with Crippen molar-refractivity contribution in [2.75, 3.05) is 12.8 Å². The largest absolute Gasteiger partial charge is 0.348 e. The van der Waals surface area contributed by atoms with Gasteiger partial charge in [0.2, 0.25) is 15.9 Å². The van der Waals surface area contributed by atoms with Crippen LogP contribution in [0.15, 0.2) is 60.7 Å². The van der Waals surface area contributed by atoms with Gasteiger partial charge in [-0.25, -0.2) is 8.42 Å². The molecule has 0 aliphatic heterocycles. The molecule has 0 bridgehead atoms. The molecule has 5 nitrogen and oxygen atoms in total. The van der Waals surface area contributed by atoms with E-state index in [1.54, 1.807) is 0 Å². The predicted octanol–water partition coefficient (Wildman–Crippen LogP) is 2.33. The molecule has 24 heavy (non-hydrogen) atoms. The highest BCUT2D eigenvalue weighted by atomic mass is 32.2. The van der Waals surface area contributed by atoms with Crippen LogP contribution in [0.1, 0.15) is 24.1 Å². The molecule has 6 heteroatoms. The fraction of sp³-hybridized carbons (Fsp3) is 0.278. The first kappa shape index (κ1) is 18.2. The molecule has 0 fully saturated rings. The van der Waals surface area contributed by atoms with E-state index in [0.717, 1.165) is 17.4 Å². The third kappa shape index (κ3) is 5.47. The van der Waals surface area contributed by atoms with Crippen molar-refractivity contribution in [3.63, 3.8) is 0 Å². The van der Waals surface area contributed by atoms with E-state index >= 15 is 0 Å². The summed E-state index contributed by atoms with van der Waals surface area (Å²) in [6, 6.07) is 18.6. The van der Waals surface area contributed by atoms with Crippen molar-refractivity contribution in [3.05, 3.63) is 71.8 Å². The molecule has 2 aromatic rings. The van der Waals surface area contributed by atoms with Gasteiger partial charge in [0.15, 0.2) is 0 Å². The molecule has 1 amide bonds. The third-order valence-electron chi connectivity index (χ3n) is 3.67. The summed E-state index contributed by atoms with van der Waals surface area (Å²) in [5, 5.41) is 2.84. The highest BCUT2D eigenvalue weighted by Crippen LogP contribution is 2.12. The first-order valence-electron chi connectivity index (χ1n) is 7.69. The maximum atomic E-state index is 12.3. The summed E-state index contributed by atoms with van der Waals surface area (Å²) in [5.41, 5.74) is 1.81. The second-order valence-electron chi connectivity index (χ2n) is 5.72. The van der Waals surface area contributed by atoms with Gasteiger partial charge in [0, 0.05) is 6.54 Å². The smallest absolute Gasteiger partial charge is 0.235 e. The Morgan fingerprint density at radius 3 is 2.12 bits per heavy atom. The molecule has 0 saturated heterocycles. The van der Waals surface area contributed by atoms with Crippen molar-refractivity contribution in [2.24, 2.45) is 0 Å². The zero-order chi connectivity index (χ0) is 17.6. The van der Waals surface area contributed by atoms with Gasteiger partial charge in [-0.05, 0) is 18.1 Å². The van der Waals surface area contributed by atoms with Gasteiger partial charge in [0.05, 0.1) is 18.8 Å². The Morgan fingerprint density at radius 1 is 1.04 bits per heavy atom. The van der Waals surface area contributed by atoms with E-state index < -0.39 is 10.0 Å². The van der Waals surface area contributed by atoms with E-state index in [1.165, 1.54) is 4.31 Å². The topological polar surface area (TPSA) is 66.5 Å². The van der Waals surface area contributed by atoms with E-state index in [0.29, 0.717) is 0 Å². The zero-order valence-electron chi connectivity index (χ0n) is 13.8. The molecule has 0 heterocycles. The number of rotatable bonds is 7. The van der Waals surface area contributed by atoms with Crippen LogP contribution in [0.2, 0.25) is 0 Å². The van der Waals surface area contributed by atoms with Gasteiger partial charge in [-0.3, -0.25) is 4.79 Å². The number of carbonyl (C=O) groups is 1. The van der Waals surface area contributed by atoms with Gasteiger partial charge < -0.3 is 5.32 Å². The van der Waals surface area contributed by atoms with E-state index in [2.05, 4.69) is 5.32 Å². The molecule has 1 atom stereocenters. The molecular weight excluding hydrogens is 324 g/mol. The quantitative estimate of drug-likeness (QED) is 0.837. The van der Waals surface area contributed by atoms with E-state index in [-0.39, 0.29) is 25.0 Å². The summed E-state index contributed by atoms with van der Waals surface area (Å²) in [7, 11) is -3.49. The van der Waals surface area contributed by atoms with Gasteiger partial charge in [-0.15, -0.1) is 0 Å². The molecule has 1 N–H and O–H groups in total. The molecule has 0 aliphatic rings. The molecule has 0 aliphatic carbocycles. The summed E-state index contributed by atoms with van der Waals surface area (Å²) in [6.07, 6.45) is 1.11. The van der Waals surface area contributed by atoms with E-state index in [9.17, 15) is 13.2 Å². The fourth-order valence-corrected chi connectivity index (χ4v) is 3.09. The Morgan fingerprint density at radius 2 is 1.58 bits per heavy atom. The molecule has 0 radical (unpaired) electrons. The molecule has 0 spiro atoms. The average Bonchev–Trinajstić information content (AvgIpc) is 2.55. The Kier molecular flexibility index (Phi) is 6.11. The summed E-state index contributed by atoms with van der Waals surface area (Å²) >= 11 is 0. The van der Waals surface area contributed by atoms with Crippen molar-refractivity contribution in [3.8, 4) is 0 Å². The minimum Gasteiger partial charge on any atom is -0.348 e. The standard InChI is InChI=1S/C18H22N2O3S/c1-15(17-11-7-4-8-12-17)19-18(21)14-20(24(2,22)23)13-16-9-5-3-6-10-16/h3-12,15H,13-14H2,1-2H3,(H,19,21). The van der Waals surface area contributed by atoms with Crippen LogP contribution >= 0.6 is 0 Å². The van der Waals surface area contributed by atoms with Gasteiger partial charge in [-0.2, -0.15) is 4.31 Å². The maximum absolute atomic E-state index is 12.3. The lowest BCUT2D eigenvalue weighted by Crippen LogP contribution is -2.40. The fourth-order valence-electron chi connectivity index (χ4n) is 2.35. The van der Waals surface area contributed by atoms with Crippen LogP contribution in [-0.4, -0.2) is 31.4 Å². The Bertz CT molecular complexity index is 761. The Labute approximate surface area is 143 Å². The van der Waals surface area contributed by atoms with Crippen LogP contribution in [0.3, 0.4) is 0 Å². The third-order valence-corrected chi connectivity index (χ3v) is 4.86. The number of hydrogen-bond donors (Lipinski definition) is 1. The minimum absolute atomic E-state index is 0.173. The molecular formula is C18H22N2O3S. The maximum Gasteiger partial charge on any atom is 0.235 e. The number of carbonyl (C=O) groups excluding carboxylic acids is 1. The van der Waals surface area contributed by atoms with Crippen LogP contribution in [0.25, 0.3) is 0 Å². The molecule has 1 unspecified atom stereocenters. The highest BCUT2D eigenvalue weighted by Gasteiger charge is 2.21. The Hall–Kier alpha value is -2.18. The van der Waals surface area contributed by atoms with Crippen molar-refractivity contribution >= 4 is 15.9 Å². The van der Waals surface area contributed by atoms with Gasteiger partial charge in [-0.1, -0.05) is 60.7 Å². The molecule has 2 aromatic carbocycles. The van der Waals surface area contributed by atoms with Crippen molar-refractivity contribution in [1.82, 2.24) is 9.62 Å². The molecule has 0 aromatic heterocycles. The summed E-state index contributed by atoms with van der Waals surface area (Å²) in [4.78, 5) is 12.3. The number of benzene rings is 2. The van der Waals surface area contributed by atoms with Crippen LogP contribution in [0, 0.1) is 0 Å². The Balaban J connectivity index is 2.02. The number of nitrogens with zero attached hydrogens (tertiary/aromatic N) is 1. The predicted molar refractivity (Wildman–Crippen MR) is 94.7 cm³/mol. The van der Waals surface area contributed by atoms with Crippen LogP contribution in [0.5, 0.6) is 0 Å². The second-order valence-corrected chi connectivity index (χ2v) is 7.70. The van der Waals surface area contributed by atoms with Crippen molar-refractivity contribution in [2.45, 2.75) is 19.5 Å². The van der Waals surface area contributed by atoms with Gasteiger partial charge in [0.25, 0.3) is 0 Å². The molecule has 2 rings (SSSR count). The summed E-state index contributed by atoms with van der Waals surface area (Å²) in [5.74, 6) is -0.326. The van der Waals surface area contributed by atoms with Gasteiger partial charge >= 0.3 is 0 Å². The van der Waals surface area contributed by atoms with E-state index in [1.807, 2.05) is 67.6 Å². The average molecular weight is 346 g/mol. The van der Waals surface area contributed by atoms with Crippen molar-refractivity contribution in [1.29, 1.82) is 0 Å². The van der Waals surface area contributed by atoms with Crippen LogP contribution < -0.4 is 5.32 Å². The molecule has 0 saturated carbocycles. The number of amides is 1. The lowest BCUT2D eigenvalue weighted by Gasteiger charge is -2.21. The number of sulfonamides is 1. The summed E-state index contributed by atoms with van der Waals surface area (Å²) < 4.78 is 25.1. The lowest BCUT2D eigenvalue weighted by atomic mass is 10.1. The van der Waals surface area contributed by atoms with Crippen LogP contribution in [0.4, 0.5) is 0 Å². The number of hydrogen-bond acceptors (Lipinski definition) is 3. The monoisotopic (exact) mass is 346 g/mol. The summed E-state index contributed by atoms with van der Waals surface area (Å²) in [6.45, 7) is 1.84. The minimum atomic E-state index is -3.49. The van der Waals surface area contributed by atoms with Crippen LogP contribution in [-0.2, 0) is 21.4 Å². The van der Waals surface area contributed by atoms with Crippen molar-refractivity contribution < 1.29 is 13.2 Å². The highest BCUT2D eigenvalue weighted by molar-refractivity contribution is 7.88. The van der Waals surface area contributed by atoms with Gasteiger partial charge in [0.1, 0.15) is 0 Å². The first-order chi connectivity index (χ1) is 11.4. The normalized spacial score (nSPS) is 12.8. The number of nitrogens with one attached hydrogen (secondary N) is 1. The molecule has 128 valence electrons.